The lowest BCUT2D eigenvalue weighted by atomic mass is 10.1. The van der Waals surface area contributed by atoms with Crippen molar-refractivity contribution in [3.8, 4) is 5.75 Å². The molecule has 0 heterocycles. The SMILES string of the molecule is COc1cccc(CCNS(=O)(=O)C(C)CO)c1. The van der Waals surface area contributed by atoms with Crippen molar-refractivity contribution in [3.63, 3.8) is 0 Å². The Morgan fingerprint density at radius 3 is 2.78 bits per heavy atom. The maximum atomic E-state index is 11.6. The van der Waals surface area contributed by atoms with Crippen LogP contribution in [0.25, 0.3) is 0 Å². The number of rotatable bonds is 7. The minimum Gasteiger partial charge on any atom is -0.497 e. The van der Waals surface area contributed by atoms with Crippen molar-refractivity contribution in [1.29, 1.82) is 0 Å². The van der Waals surface area contributed by atoms with Crippen LogP contribution in [0.4, 0.5) is 0 Å². The Kier molecular flexibility index (Phi) is 5.58. The average Bonchev–Trinajstić information content (AvgIpc) is 2.37. The Hall–Kier alpha value is -1.11. The van der Waals surface area contributed by atoms with Crippen molar-refractivity contribution < 1.29 is 18.3 Å². The first-order valence-electron chi connectivity index (χ1n) is 5.72. The third-order valence-corrected chi connectivity index (χ3v) is 4.45. The van der Waals surface area contributed by atoms with E-state index in [2.05, 4.69) is 4.72 Å². The Morgan fingerprint density at radius 1 is 1.44 bits per heavy atom. The molecule has 0 saturated heterocycles. The van der Waals surface area contributed by atoms with Gasteiger partial charge in [-0.05, 0) is 31.0 Å². The molecule has 0 aliphatic rings. The summed E-state index contributed by atoms with van der Waals surface area (Å²) in [7, 11) is -1.84. The topological polar surface area (TPSA) is 75.6 Å². The molecule has 6 heteroatoms. The summed E-state index contributed by atoms with van der Waals surface area (Å²) in [4.78, 5) is 0. The minimum atomic E-state index is -3.43. The molecule has 0 spiro atoms. The van der Waals surface area contributed by atoms with Crippen molar-refractivity contribution in [2.75, 3.05) is 20.3 Å². The van der Waals surface area contributed by atoms with E-state index >= 15 is 0 Å². The van der Waals surface area contributed by atoms with Crippen LogP contribution in [0.2, 0.25) is 0 Å². The van der Waals surface area contributed by atoms with Gasteiger partial charge >= 0.3 is 0 Å². The standard InChI is InChI=1S/C12H19NO4S/c1-10(9-14)18(15,16)13-7-6-11-4-3-5-12(8-11)17-2/h3-5,8,10,13-14H,6-7,9H2,1-2H3. The molecule has 1 rings (SSSR count). The van der Waals surface area contributed by atoms with Gasteiger partial charge in [-0.2, -0.15) is 0 Å². The highest BCUT2D eigenvalue weighted by molar-refractivity contribution is 7.90. The number of ether oxygens (including phenoxy) is 1. The van der Waals surface area contributed by atoms with Crippen LogP contribution in [-0.4, -0.2) is 39.0 Å². The Morgan fingerprint density at radius 2 is 2.17 bits per heavy atom. The van der Waals surface area contributed by atoms with Crippen LogP contribution in [0, 0.1) is 0 Å². The van der Waals surface area contributed by atoms with E-state index in [0.29, 0.717) is 13.0 Å². The molecule has 1 aromatic rings. The summed E-state index contributed by atoms with van der Waals surface area (Å²) in [5, 5.41) is 8.03. The molecule has 1 unspecified atom stereocenters. The molecule has 0 saturated carbocycles. The van der Waals surface area contributed by atoms with E-state index in [1.165, 1.54) is 6.92 Å². The molecule has 0 fully saturated rings. The number of nitrogens with one attached hydrogen (secondary N) is 1. The first-order valence-corrected chi connectivity index (χ1v) is 7.26. The summed E-state index contributed by atoms with van der Waals surface area (Å²) in [6.07, 6.45) is 0.578. The lowest BCUT2D eigenvalue weighted by Crippen LogP contribution is -2.35. The van der Waals surface area contributed by atoms with Crippen molar-refractivity contribution in [3.05, 3.63) is 29.8 Å². The summed E-state index contributed by atoms with van der Waals surface area (Å²) in [5.74, 6) is 0.749. The van der Waals surface area contributed by atoms with Gasteiger partial charge in [0.15, 0.2) is 0 Å². The molecule has 0 amide bonds. The molecule has 0 aliphatic carbocycles. The quantitative estimate of drug-likeness (QED) is 0.760. The van der Waals surface area contributed by atoms with E-state index in [-0.39, 0.29) is 6.61 Å². The predicted octanol–water partition coefficient (Wildman–Crippen LogP) is 0.538. The van der Waals surface area contributed by atoms with Crippen molar-refractivity contribution in [2.24, 2.45) is 0 Å². The van der Waals surface area contributed by atoms with Gasteiger partial charge in [-0.3, -0.25) is 0 Å². The smallest absolute Gasteiger partial charge is 0.216 e. The second kappa shape index (κ2) is 6.72. The third kappa shape index (κ3) is 4.29. The first-order chi connectivity index (χ1) is 8.49. The number of aliphatic hydroxyl groups excluding tert-OH is 1. The summed E-state index contributed by atoms with van der Waals surface area (Å²) in [6, 6.07) is 7.47. The minimum absolute atomic E-state index is 0.305. The summed E-state index contributed by atoms with van der Waals surface area (Å²) in [6.45, 7) is 1.39. The Balaban J connectivity index is 2.51. The van der Waals surface area contributed by atoms with E-state index in [9.17, 15) is 8.42 Å². The number of aliphatic hydroxyl groups is 1. The van der Waals surface area contributed by atoms with Crippen LogP contribution in [-0.2, 0) is 16.4 Å². The molecule has 1 aromatic carbocycles. The van der Waals surface area contributed by atoms with E-state index in [1.807, 2.05) is 24.3 Å². The molecule has 102 valence electrons. The van der Waals surface area contributed by atoms with Crippen LogP contribution < -0.4 is 9.46 Å². The van der Waals surface area contributed by atoms with Gasteiger partial charge in [0, 0.05) is 6.54 Å². The largest absolute Gasteiger partial charge is 0.497 e. The summed E-state index contributed by atoms with van der Waals surface area (Å²) >= 11 is 0. The van der Waals surface area contributed by atoms with Gasteiger partial charge in [0.1, 0.15) is 5.75 Å². The molecular formula is C12H19NO4S. The van der Waals surface area contributed by atoms with E-state index in [4.69, 9.17) is 9.84 Å². The second-order valence-corrected chi connectivity index (χ2v) is 6.22. The molecule has 0 radical (unpaired) electrons. The van der Waals surface area contributed by atoms with Gasteiger partial charge in [-0.15, -0.1) is 0 Å². The molecule has 0 aliphatic heterocycles. The zero-order valence-corrected chi connectivity index (χ0v) is 11.4. The lowest BCUT2D eigenvalue weighted by Gasteiger charge is -2.11. The third-order valence-electron chi connectivity index (χ3n) is 2.64. The molecule has 18 heavy (non-hydrogen) atoms. The van der Waals surface area contributed by atoms with Gasteiger partial charge in [0.25, 0.3) is 0 Å². The molecule has 2 N–H and O–H groups in total. The number of benzene rings is 1. The number of hydrogen-bond acceptors (Lipinski definition) is 4. The van der Waals surface area contributed by atoms with Crippen LogP contribution in [0.1, 0.15) is 12.5 Å². The fourth-order valence-electron chi connectivity index (χ4n) is 1.41. The van der Waals surface area contributed by atoms with Gasteiger partial charge in [-0.1, -0.05) is 12.1 Å². The maximum absolute atomic E-state index is 11.6. The van der Waals surface area contributed by atoms with Crippen molar-refractivity contribution >= 4 is 10.0 Å². The zero-order chi connectivity index (χ0) is 13.6. The van der Waals surface area contributed by atoms with Crippen LogP contribution in [0.15, 0.2) is 24.3 Å². The van der Waals surface area contributed by atoms with Gasteiger partial charge in [0.05, 0.1) is 19.0 Å². The normalized spacial score (nSPS) is 13.3. The first kappa shape index (κ1) is 14.9. The predicted molar refractivity (Wildman–Crippen MR) is 70.2 cm³/mol. The second-order valence-electron chi connectivity index (χ2n) is 4.03. The Bertz CT molecular complexity index is 473. The molecule has 0 aromatic heterocycles. The summed E-state index contributed by atoms with van der Waals surface area (Å²) < 4.78 is 30.7. The molecule has 0 bridgehead atoms. The van der Waals surface area contributed by atoms with Gasteiger partial charge in [0.2, 0.25) is 10.0 Å². The van der Waals surface area contributed by atoms with E-state index in [1.54, 1.807) is 7.11 Å². The molecule has 1 atom stereocenters. The number of methoxy groups -OCH3 is 1. The van der Waals surface area contributed by atoms with Crippen LogP contribution >= 0.6 is 0 Å². The number of sulfonamides is 1. The summed E-state index contributed by atoms with van der Waals surface area (Å²) in [5.41, 5.74) is 0.994. The van der Waals surface area contributed by atoms with Crippen molar-refractivity contribution in [2.45, 2.75) is 18.6 Å². The van der Waals surface area contributed by atoms with Crippen LogP contribution in [0.5, 0.6) is 5.75 Å². The van der Waals surface area contributed by atoms with Gasteiger partial charge < -0.3 is 9.84 Å². The maximum Gasteiger partial charge on any atom is 0.216 e. The highest BCUT2D eigenvalue weighted by Crippen LogP contribution is 2.12. The highest BCUT2D eigenvalue weighted by Gasteiger charge is 2.18. The Labute approximate surface area is 108 Å². The lowest BCUT2D eigenvalue weighted by molar-refractivity contribution is 0.295. The molecule has 5 nitrogen and oxygen atoms in total. The van der Waals surface area contributed by atoms with Gasteiger partial charge in [-0.25, -0.2) is 13.1 Å². The average molecular weight is 273 g/mol. The monoisotopic (exact) mass is 273 g/mol. The van der Waals surface area contributed by atoms with E-state index < -0.39 is 15.3 Å². The zero-order valence-electron chi connectivity index (χ0n) is 10.6. The fraction of sp³-hybridized carbons (Fsp3) is 0.500. The highest BCUT2D eigenvalue weighted by atomic mass is 32.2. The van der Waals surface area contributed by atoms with Crippen LogP contribution in [0.3, 0.4) is 0 Å². The van der Waals surface area contributed by atoms with E-state index in [0.717, 1.165) is 11.3 Å². The molecular weight excluding hydrogens is 254 g/mol. The van der Waals surface area contributed by atoms with Crippen molar-refractivity contribution in [1.82, 2.24) is 4.72 Å². The fourth-order valence-corrected chi connectivity index (χ4v) is 2.27. The number of hydrogen-bond donors (Lipinski definition) is 2.